The van der Waals surface area contributed by atoms with Gasteiger partial charge >= 0.3 is 0 Å². The van der Waals surface area contributed by atoms with Crippen LogP contribution in [0.3, 0.4) is 0 Å². The SMILES string of the molecule is O=C(NCc1ccc(Oc2ccc(F)cc2)nc1)c1ccc(O)c(Cl)c1. The molecule has 26 heavy (non-hydrogen) atoms. The molecule has 132 valence electrons. The molecule has 0 unspecified atom stereocenters. The molecular weight excluding hydrogens is 359 g/mol. The van der Waals surface area contributed by atoms with E-state index in [-0.39, 0.29) is 29.0 Å². The van der Waals surface area contributed by atoms with Crippen molar-refractivity contribution in [2.24, 2.45) is 0 Å². The molecule has 2 N–H and O–H groups in total. The van der Waals surface area contributed by atoms with Crippen molar-refractivity contribution >= 4 is 17.5 Å². The highest BCUT2D eigenvalue weighted by atomic mass is 35.5. The summed E-state index contributed by atoms with van der Waals surface area (Å²) in [6.45, 7) is 0.265. The highest BCUT2D eigenvalue weighted by Crippen LogP contribution is 2.23. The zero-order valence-corrected chi connectivity index (χ0v) is 14.2. The Morgan fingerprint density at radius 2 is 1.92 bits per heavy atom. The summed E-state index contributed by atoms with van der Waals surface area (Å²) in [5, 5.41) is 12.2. The topological polar surface area (TPSA) is 71.5 Å². The van der Waals surface area contributed by atoms with Gasteiger partial charge in [-0.3, -0.25) is 4.79 Å². The lowest BCUT2D eigenvalue weighted by Gasteiger charge is -2.08. The van der Waals surface area contributed by atoms with Gasteiger partial charge in [-0.25, -0.2) is 9.37 Å². The van der Waals surface area contributed by atoms with Crippen LogP contribution in [-0.2, 0) is 6.54 Å². The monoisotopic (exact) mass is 372 g/mol. The van der Waals surface area contributed by atoms with Crippen LogP contribution in [0.2, 0.25) is 5.02 Å². The average molecular weight is 373 g/mol. The van der Waals surface area contributed by atoms with E-state index >= 15 is 0 Å². The predicted molar refractivity (Wildman–Crippen MR) is 95.0 cm³/mol. The lowest BCUT2D eigenvalue weighted by molar-refractivity contribution is 0.0951. The second kappa shape index (κ2) is 7.84. The minimum absolute atomic E-state index is 0.0795. The van der Waals surface area contributed by atoms with E-state index in [4.69, 9.17) is 16.3 Å². The number of hydrogen-bond donors (Lipinski definition) is 2. The Kier molecular flexibility index (Phi) is 5.34. The number of benzene rings is 2. The van der Waals surface area contributed by atoms with Gasteiger partial charge in [0.1, 0.15) is 17.3 Å². The molecule has 0 saturated heterocycles. The van der Waals surface area contributed by atoms with Crippen molar-refractivity contribution in [3.63, 3.8) is 0 Å². The number of pyridine rings is 1. The molecule has 0 aliphatic rings. The Morgan fingerprint density at radius 3 is 2.58 bits per heavy atom. The number of phenolic OH excluding ortho intramolecular Hbond substituents is 1. The number of nitrogens with zero attached hydrogens (tertiary/aromatic N) is 1. The van der Waals surface area contributed by atoms with Crippen LogP contribution < -0.4 is 10.1 Å². The van der Waals surface area contributed by atoms with Crippen molar-refractivity contribution in [2.75, 3.05) is 0 Å². The Hall–Kier alpha value is -3.12. The number of aromatic nitrogens is 1. The molecule has 0 bridgehead atoms. The van der Waals surface area contributed by atoms with Crippen molar-refractivity contribution in [1.82, 2.24) is 10.3 Å². The van der Waals surface area contributed by atoms with Crippen LogP contribution in [0, 0.1) is 5.82 Å². The molecule has 3 rings (SSSR count). The minimum atomic E-state index is -0.341. The van der Waals surface area contributed by atoms with Crippen LogP contribution in [0.25, 0.3) is 0 Å². The Morgan fingerprint density at radius 1 is 1.15 bits per heavy atom. The highest BCUT2D eigenvalue weighted by molar-refractivity contribution is 6.32. The number of phenols is 1. The first-order valence-corrected chi connectivity index (χ1v) is 8.04. The number of amides is 1. The van der Waals surface area contributed by atoms with E-state index in [0.717, 1.165) is 5.56 Å². The van der Waals surface area contributed by atoms with Gasteiger partial charge in [0.2, 0.25) is 5.88 Å². The number of nitrogens with one attached hydrogen (secondary N) is 1. The molecule has 0 spiro atoms. The average Bonchev–Trinajstić information content (AvgIpc) is 2.65. The summed E-state index contributed by atoms with van der Waals surface area (Å²) in [4.78, 5) is 16.2. The van der Waals surface area contributed by atoms with Crippen LogP contribution in [-0.4, -0.2) is 16.0 Å². The number of carbonyl (C=O) groups is 1. The zero-order chi connectivity index (χ0) is 18.5. The van der Waals surface area contributed by atoms with Gasteiger partial charge in [0, 0.05) is 24.4 Å². The molecule has 1 heterocycles. The van der Waals surface area contributed by atoms with E-state index in [2.05, 4.69) is 10.3 Å². The summed E-state index contributed by atoms with van der Waals surface area (Å²) in [7, 11) is 0. The summed E-state index contributed by atoms with van der Waals surface area (Å²) < 4.78 is 18.4. The lowest BCUT2D eigenvalue weighted by Crippen LogP contribution is -2.22. The lowest BCUT2D eigenvalue weighted by atomic mass is 10.2. The van der Waals surface area contributed by atoms with Crippen molar-refractivity contribution in [2.45, 2.75) is 6.54 Å². The number of halogens is 2. The van der Waals surface area contributed by atoms with Gasteiger partial charge < -0.3 is 15.2 Å². The van der Waals surface area contributed by atoms with E-state index < -0.39 is 0 Å². The third kappa shape index (κ3) is 4.49. The molecule has 0 radical (unpaired) electrons. The van der Waals surface area contributed by atoms with E-state index in [9.17, 15) is 14.3 Å². The Balaban J connectivity index is 1.57. The number of rotatable bonds is 5. The van der Waals surface area contributed by atoms with Crippen LogP contribution in [0.15, 0.2) is 60.8 Å². The maximum Gasteiger partial charge on any atom is 0.251 e. The maximum atomic E-state index is 12.9. The quantitative estimate of drug-likeness (QED) is 0.700. The van der Waals surface area contributed by atoms with Crippen molar-refractivity contribution in [3.8, 4) is 17.4 Å². The number of hydrogen-bond acceptors (Lipinski definition) is 4. The molecule has 0 fully saturated rings. The molecule has 2 aromatic carbocycles. The zero-order valence-electron chi connectivity index (χ0n) is 13.4. The van der Waals surface area contributed by atoms with Crippen LogP contribution >= 0.6 is 11.6 Å². The minimum Gasteiger partial charge on any atom is -0.506 e. The van der Waals surface area contributed by atoms with Crippen LogP contribution in [0.4, 0.5) is 4.39 Å². The first-order valence-electron chi connectivity index (χ1n) is 7.66. The fourth-order valence-electron chi connectivity index (χ4n) is 2.13. The van der Waals surface area contributed by atoms with Gasteiger partial charge in [0.15, 0.2) is 0 Å². The second-order valence-corrected chi connectivity index (χ2v) is 5.82. The first kappa shape index (κ1) is 17.7. The smallest absolute Gasteiger partial charge is 0.251 e. The molecule has 5 nitrogen and oxygen atoms in total. The fourth-order valence-corrected chi connectivity index (χ4v) is 2.31. The largest absolute Gasteiger partial charge is 0.506 e. The molecule has 3 aromatic rings. The third-order valence-corrected chi connectivity index (χ3v) is 3.80. The van der Waals surface area contributed by atoms with Crippen LogP contribution in [0.1, 0.15) is 15.9 Å². The third-order valence-electron chi connectivity index (χ3n) is 3.50. The number of ether oxygens (including phenoxy) is 1. The molecule has 0 saturated carbocycles. The molecule has 1 amide bonds. The molecular formula is C19H14ClFN2O3. The summed E-state index contributed by atoms with van der Waals surface area (Å²) in [6.07, 6.45) is 1.57. The van der Waals surface area contributed by atoms with Crippen molar-refractivity contribution < 1.29 is 19.0 Å². The van der Waals surface area contributed by atoms with Crippen LogP contribution in [0.5, 0.6) is 17.4 Å². The molecule has 0 aliphatic carbocycles. The number of aromatic hydroxyl groups is 1. The summed E-state index contributed by atoms with van der Waals surface area (Å²) >= 11 is 5.79. The van der Waals surface area contributed by atoms with E-state index in [1.54, 1.807) is 18.3 Å². The molecule has 7 heteroatoms. The van der Waals surface area contributed by atoms with E-state index in [0.29, 0.717) is 17.2 Å². The van der Waals surface area contributed by atoms with E-state index in [1.165, 1.54) is 42.5 Å². The maximum absolute atomic E-state index is 12.9. The Labute approximate surface area is 154 Å². The van der Waals surface area contributed by atoms with Gasteiger partial charge in [0.05, 0.1) is 5.02 Å². The van der Waals surface area contributed by atoms with Crippen molar-refractivity contribution in [3.05, 3.63) is 82.8 Å². The van der Waals surface area contributed by atoms with E-state index in [1.807, 2.05) is 0 Å². The van der Waals surface area contributed by atoms with Gasteiger partial charge in [-0.1, -0.05) is 17.7 Å². The second-order valence-electron chi connectivity index (χ2n) is 5.41. The first-order chi connectivity index (χ1) is 12.5. The van der Waals surface area contributed by atoms with Gasteiger partial charge in [-0.15, -0.1) is 0 Å². The van der Waals surface area contributed by atoms with Gasteiger partial charge in [-0.2, -0.15) is 0 Å². The molecule has 1 aromatic heterocycles. The Bertz CT molecular complexity index is 915. The molecule has 0 atom stereocenters. The fraction of sp³-hybridized carbons (Fsp3) is 0.0526. The predicted octanol–water partition coefficient (Wildman–Crippen LogP) is 4.30. The summed E-state index contributed by atoms with van der Waals surface area (Å²) in [5.41, 5.74) is 1.12. The summed E-state index contributed by atoms with van der Waals surface area (Å²) in [6, 6.07) is 13.3. The summed E-state index contributed by atoms with van der Waals surface area (Å²) in [5.74, 6) is 0.0928. The normalized spacial score (nSPS) is 10.4. The van der Waals surface area contributed by atoms with Gasteiger partial charge in [-0.05, 0) is 48.0 Å². The standard InChI is InChI=1S/C19H14ClFN2O3/c20-16-9-13(2-7-17(16)24)19(25)23-11-12-1-8-18(22-10-12)26-15-5-3-14(21)4-6-15/h1-10,24H,11H2,(H,23,25). The molecule has 0 aliphatic heterocycles. The number of carbonyl (C=O) groups excluding carboxylic acids is 1. The highest BCUT2D eigenvalue weighted by Gasteiger charge is 2.08. The van der Waals surface area contributed by atoms with Gasteiger partial charge in [0.25, 0.3) is 5.91 Å². The van der Waals surface area contributed by atoms with Crippen molar-refractivity contribution in [1.29, 1.82) is 0 Å².